The van der Waals surface area contributed by atoms with Crippen LogP contribution in [0, 0.1) is 0 Å². The van der Waals surface area contributed by atoms with E-state index in [1.54, 1.807) is 5.32 Å². The zero-order valence-corrected chi connectivity index (χ0v) is 8.97. The maximum atomic E-state index is 2.45. The summed E-state index contributed by atoms with van der Waals surface area (Å²) in [6.45, 7) is 7.18. The van der Waals surface area contributed by atoms with Crippen molar-refractivity contribution in [1.82, 2.24) is 0 Å². The van der Waals surface area contributed by atoms with Crippen molar-refractivity contribution >= 4 is 21.7 Å². The molecule has 0 amide bonds. The van der Waals surface area contributed by atoms with E-state index < -0.39 is 0 Å². The van der Waals surface area contributed by atoms with Crippen LogP contribution >= 0.6 is 0 Å². The summed E-state index contributed by atoms with van der Waals surface area (Å²) in [5.41, 5.74) is 0. The monoisotopic (exact) mass is 196 g/mol. The van der Waals surface area contributed by atoms with Gasteiger partial charge in [-0.05, 0) is 0 Å². The molecule has 0 spiro atoms. The van der Waals surface area contributed by atoms with Gasteiger partial charge in [0.15, 0.2) is 0 Å². The molecule has 0 aromatic heterocycles. The van der Waals surface area contributed by atoms with E-state index in [1.165, 1.54) is 12.8 Å². The Kier molecular flexibility index (Phi) is 6.41. The Bertz CT molecular complexity index is 45.8. The SMILES string of the molecule is CCCC[Se][SiH](C)C. The second kappa shape index (κ2) is 5.87. The molecule has 0 rings (SSSR count). The van der Waals surface area contributed by atoms with Gasteiger partial charge >= 0.3 is 59.9 Å². The van der Waals surface area contributed by atoms with Crippen molar-refractivity contribution in [2.24, 2.45) is 0 Å². The minimum absolute atomic E-state index is 0.140. The summed E-state index contributed by atoms with van der Waals surface area (Å²) in [4.78, 5) is 0. The third-order valence-electron chi connectivity index (χ3n) is 0.949. The standard InChI is InChI=1S/C6H16SeSi/c1-4-5-6-7-8(2)3/h8H,4-6H2,1-3H3. The van der Waals surface area contributed by atoms with Gasteiger partial charge in [0.1, 0.15) is 0 Å². The summed E-state index contributed by atoms with van der Waals surface area (Å²) in [5.74, 6) is 0. The normalized spacial score (nSPS) is 10.5. The fraction of sp³-hybridized carbons (Fsp3) is 1.00. The number of rotatable bonds is 4. The topological polar surface area (TPSA) is 0 Å². The van der Waals surface area contributed by atoms with Gasteiger partial charge in [0, 0.05) is 0 Å². The quantitative estimate of drug-likeness (QED) is 0.474. The van der Waals surface area contributed by atoms with Crippen molar-refractivity contribution in [3.63, 3.8) is 0 Å². The second-order valence-electron chi connectivity index (χ2n) is 2.27. The molecular formula is C6H16SeSi. The molecule has 0 aromatic rings. The molecular weight excluding hydrogens is 179 g/mol. The van der Waals surface area contributed by atoms with Crippen molar-refractivity contribution in [2.45, 2.75) is 38.2 Å². The van der Waals surface area contributed by atoms with Gasteiger partial charge in [-0.2, -0.15) is 0 Å². The molecule has 0 atom stereocenters. The molecule has 0 heterocycles. The Balaban J connectivity index is 2.72. The van der Waals surface area contributed by atoms with E-state index >= 15 is 0 Å². The van der Waals surface area contributed by atoms with Crippen LogP contribution < -0.4 is 0 Å². The maximum absolute atomic E-state index is 2.45. The molecule has 0 unspecified atom stereocenters. The Morgan fingerprint density at radius 2 is 2.00 bits per heavy atom. The van der Waals surface area contributed by atoms with Gasteiger partial charge in [0.05, 0.1) is 0 Å². The molecule has 50 valence electrons. The van der Waals surface area contributed by atoms with Crippen molar-refractivity contribution in [3.8, 4) is 0 Å². The number of unbranched alkanes of at least 4 members (excludes halogenated alkanes) is 1. The molecule has 0 saturated heterocycles. The van der Waals surface area contributed by atoms with E-state index in [0.29, 0.717) is 0 Å². The average Bonchev–Trinajstić information content (AvgIpc) is 1.66. The van der Waals surface area contributed by atoms with Crippen LogP contribution in [0.1, 0.15) is 19.8 Å². The Morgan fingerprint density at radius 3 is 2.38 bits per heavy atom. The van der Waals surface area contributed by atoms with Crippen LogP contribution in [-0.2, 0) is 0 Å². The molecule has 0 fully saturated rings. The molecule has 0 bridgehead atoms. The van der Waals surface area contributed by atoms with Crippen molar-refractivity contribution in [1.29, 1.82) is 0 Å². The van der Waals surface area contributed by atoms with Crippen molar-refractivity contribution in [2.75, 3.05) is 0 Å². The van der Waals surface area contributed by atoms with E-state index in [1.807, 2.05) is 0 Å². The number of hydrogen-bond donors (Lipinski definition) is 0. The Hall–Kier alpha value is 0.736. The zero-order valence-electron chi connectivity index (χ0n) is 6.11. The molecule has 0 saturated carbocycles. The molecule has 2 heteroatoms. The Labute approximate surface area is 60.3 Å². The van der Waals surface area contributed by atoms with Crippen LogP contribution in [0.15, 0.2) is 0 Å². The first-order valence-corrected chi connectivity index (χ1v) is 10.3. The predicted molar refractivity (Wildman–Crippen MR) is 44.3 cm³/mol. The molecule has 0 aliphatic rings. The third-order valence-corrected chi connectivity index (χ3v) is 8.14. The van der Waals surface area contributed by atoms with E-state index in [9.17, 15) is 0 Å². The van der Waals surface area contributed by atoms with Gasteiger partial charge in [-0.3, -0.25) is 0 Å². The summed E-state index contributed by atoms with van der Waals surface area (Å²) in [5, 5.41) is 1.55. The second-order valence-corrected chi connectivity index (χ2v) is 13.6. The van der Waals surface area contributed by atoms with E-state index in [2.05, 4.69) is 20.0 Å². The summed E-state index contributed by atoms with van der Waals surface area (Å²) in [6.07, 6.45) is 2.87. The van der Waals surface area contributed by atoms with Gasteiger partial charge in [0.2, 0.25) is 0 Å². The summed E-state index contributed by atoms with van der Waals surface area (Å²) in [6, 6.07) is 0. The molecule has 0 aromatic carbocycles. The van der Waals surface area contributed by atoms with E-state index in [-0.39, 0.29) is 7.40 Å². The summed E-state index contributed by atoms with van der Waals surface area (Å²) in [7, 11) is -0.140. The van der Waals surface area contributed by atoms with Gasteiger partial charge in [0.25, 0.3) is 0 Å². The fourth-order valence-corrected chi connectivity index (χ4v) is 5.72. The first kappa shape index (κ1) is 8.74. The molecule has 0 nitrogen and oxygen atoms in total. The predicted octanol–water partition coefficient (Wildman–Crippen LogP) is 1.89. The van der Waals surface area contributed by atoms with Crippen LogP contribution in [-0.4, -0.2) is 21.7 Å². The molecule has 0 N–H and O–H groups in total. The van der Waals surface area contributed by atoms with Crippen LogP contribution in [0.3, 0.4) is 0 Å². The third kappa shape index (κ3) is 6.74. The number of hydrogen-bond acceptors (Lipinski definition) is 0. The fourth-order valence-electron chi connectivity index (χ4n) is 0.463. The van der Waals surface area contributed by atoms with Crippen molar-refractivity contribution < 1.29 is 0 Å². The van der Waals surface area contributed by atoms with Gasteiger partial charge in [-0.15, -0.1) is 0 Å². The van der Waals surface area contributed by atoms with E-state index in [4.69, 9.17) is 0 Å². The summed E-state index contributed by atoms with van der Waals surface area (Å²) < 4.78 is 0. The van der Waals surface area contributed by atoms with Crippen LogP contribution in [0.4, 0.5) is 0 Å². The first-order valence-electron chi connectivity index (χ1n) is 3.39. The van der Waals surface area contributed by atoms with Crippen molar-refractivity contribution in [3.05, 3.63) is 0 Å². The van der Waals surface area contributed by atoms with Crippen LogP contribution in [0.2, 0.25) is 18.4 Å². The van der Waals surface area contributed by atoms with Gasteiger partial charge < -0.3 is 0 Å². The molecule has 8 heavy (non-hydrogen) atoms. The Morgan fingerprint density at radius 1 is 1.38 bits per heavy atom. The minimum atomic E-state index is -0.140. The van der Waals surface area contributed by atoms with Gasteiger partial charge in [-0.25, -0.2) is 0 Å². The molecule has 0 aliphatic heterocycles. The molecule has 0 aliphatic carbocycles. The van der Waals surface area contributed by atoms with Crippen LogP contribution in [0.5, 0.6) is 0 Å². The first-order chi connectivity index (χ1) is 3.77. The van der Waals surface area contributed by atoms with E-state index in [0.717, 1.165) is 14.3 Å². The average molecular weight is 195 g/mol. The summed E-state index contributed by atoms with van der Waals surface area (Å²) >= 11 is 1.07. The zero-order chi connectivity index (χ0) is 6.41. The van der Waals surface area contributed by atoms with Gasteiger partial charge in [-0.1, -0.05) is 0 Å². The molecule has 0 radical (unpaired) electrons. The van der Waals surface area contributed by atoms with Crippen LogP contribution in [0.25, 0.3) is 0 Å².